The van der Waals surface area contributed by atoms with Gasteiger partial charge in [-0.15, -0.1) is 0 Å². The van der Waals surface area contributed by atoms with Gasteiger partial charge in [0.25, 0.3) is 0 Å². The average Bonchev–Trinajstić information content (AvgIpc) is 2.54. The van der Waals surface area contributed by atoms with Gasteiger partial charge in [-0.1, -0.05) is 29.3 Å². The molecule has 1 N–H and O–H groups in total. The van der Waals surface area contributed by atoms with E-state index < -0.39 is 11.7 Å². The lowest BCUT2D eigenvalue weighted by atomic mass is 10.2. The largest absolute Gasteiger partial charge is 0.444 e. The van der Waals surface area contributed by atoms with Crippen LogP contribution in [0.3, 0.4) is 0 Å². The van der Waals surface area contributed by atoms with Crippen LogP contribution in [0.4, 0.5) is 4.79 Å². The quantitative estimate of drug-likeness (QED) is 0.781. The standard InChI is InChI=1S/C11H15ClN2O2.C6H3ClN2/c1-11(2,3)16-10(15)14-7-8-4-5-9(12)13-6-8;7-6-2-1-5(3-8)4-9-6/h4-6H,7H2,1-3H3,(H,14,15);1-2,4H. The van der Waals surface area contributed by atoms with E-state index in [-0.39, 0.29) is 0 Å². The van der Waals surface area contributed by atoms with E-state index >= 15 is 0 Å². The van der Waals surface area contributed by atoms with Gasteiger partial charge in [0.15, 0.2) is 0 Å². The number of carbonyl (C=O) groups is 1. The number of halogens is 2. The minimum atomic E-state index is -0.484. The SMILES string of the molecule is CC(C)(C)OC(=O)NCc1ccc(Cl)nc1.N#Cc1ccc(Cl)nc1. The van der Waals surface area contributed by atoms with Gasteiger partial charge in [-0.25, -0.2) is 14.8 Å². The van der Waals surface area contributed by atoms with Gasteiger partial charge >= 0.3 is 6.09 Å². The first-order valence-electron chi connectivity index (χ1n) is 7.28. The molecule has 2 rings (SSSR count). The number of aromatic nitrogens is 2. The lowest BCUT2D eigenvalue weighted by molar-refractivity contribution is 0.0523. The highest BCUT2D eigenvalue weighted by molar-refractivity contribution is 6.29. The van der Waals surface area contributed by atoms with Crippen molar-refractivity contribution in [2.75, 3.05) is 0 Å². The molecule has 6 nitrogen and oxygen atoms in total. The normalized spacial score (nSPS) is 10.1. The van der Waals surface area contributed by atoms with E-state index in [4.69, 9.17) is 33.2 Å². The Kier molecular flexibility index (Phi) is 8.12. The number of nitriles is 1. The molecular weight excluding hydrogens is 363 g/mol. The zero-order valence-electron chi connectivity index (χ0n) is 14.1. The molecule has 0 bridgehead atoms. The maximum atomic E-state index is 11.3. The molecule has 25 heavy (non-hydrogen) atoms. The fraction of sp³-hybridized carbons (Fsp3) is 0.294. The van der Waals surface area contributed by atoms with Crippen LogP contribution >= 0.6 is 23.2 Å². The molecule has 0 saturated carbocycles. The second-order valence-corrected chi connectivity index (χ2v) is 6.60. The van der Waals surface area contributed by atoms with Crippen molar-refractivity contribution >= 4 is 29.3 Å². The molecule has 0 aliphatic carbocycles. The number of hydrogen-bond acceptors (Lipinski definition) is 5. The van der Waals surface area contributed by atoms with Crippen molar-refractivity contribution in [2.24, 2.45) is 0 Å². The Balaban J connectivity index is 0.000000293. The van der Waals surface area contributed by atoms with E-state index in [1.54, 1.807) is 30.5 Å². The topological polar surface area (TPSA) is 87.9 Å². The number of hydrogen-bond donors (Lipinski definition) is 1. The molecule has 0 fully saturated rings. The van der Waals surface area contributed by atoms with Crippen molar-refractivity contribution in [3.63, 3.8) is 0 Å². The summed E-state index contributed by atoms with van der Waals surface area (Å²) in [6, 6.07) is 8.61. The summed E-state index contributed by atoms with van der Waals surface area (Å²) in [4.78, 5) is 18.9. The molecule has 0 aromatic carbocycles. The van der Waals surface area contributed by atoms with E-state index in [9.17, 15) is 4.79 Å². The Morgan fingerprint density at radius 3 is 2.20 bits per heavy atom. The summed E-state index contributed by atoms with van der Waals surface area (Å²) in [5, 5.41) is 11.8. The van der Waals surface area contributed by atoms with Crippen LogP contribution in [-0.2, 0) is 11.3 Å². The zero-order valence-corrected chi connectivity index (χ0v) is 15.6. The maximum Gasteiger partial charge on any atom is 0.407 e. The molecule has 2 heterocycles. The Hall–Kier alpha value is -2.36. The second-order valence-electron chi connectivity index (χ2n) is 5.83. The minimum absolute atomic E-state index is 0.374. The van der Waals surface area contributed by atoms with Crippen LogP contribution in [0.2, 0.25) is 10.3 Å². The first-order chi connectivity index (χ1) is 11.7. The first kappa shape index (κ1) is 20.7. The highest BCUT2D eigenvalue weighted by atomic mass is 35.5. The third kappa shape index (κ3) is 9.50. The molecule has 0 spiro atoms. The van der Waals surface area contributed by atoms with Crippen LogP contribution in [0, 0.1) is 11.3 Å². The third-order valence-corrected chi connectivity index (χ3v) is 2.93. The lowest BCUT2D eigenvalue weighted by Crippen LogP contribution is -2.32. The maximum absolute atomic E-state index is 11.3. The summed E-state index contributed by atoms with van der Waals surface area (Å²) in [5.74, 6) is 0. The van der Waals surface area contributed by atoms with E-state index in [0.29, 0.717) is 22.4 Å². The Morgan fingerprint density at radius 2 is 1.76 bits per heavy atom. The molecule has 0 unspecified atom stereocenters. The highest BCUT2D eigenvalue weighted by Gasteiger charge is 2.15. The number of ether oxygens (including phenoxy) is 1. The van der Waals surface area contributed by atoms with E-state index in [2.05, 4.69) is 15.3 Å². The lowest BCUT2D eigenvalue weighted by Gasteiger charge is -2.19. The Labute approximate surface area is 156 Å². The number of pyridine rings is 2. The fourth-order valence-corrected chi connectivity index (χ4v) is 1.66. The van der Waals surface area contributed by atoms with Gasteiger partial charge in [0.05, 0.1) is 5.56 Å². The molecule has 8 heteroatoms. The van der Waals surface area contributed by atoms with Gasteiger partial charge in [0.2, 0.25) is 0 Å². The smallest absolute Gasteiger partial charge is 0.407 e. The van der Waals surface area contributed by atoms with Crippen molar-refractivity contribution in [3.8, 4) is 6.07 Å². The predicted octanol–water partition coefficient (Wildman–Crippen LogP) is 4.37. The van der Waals surface area contributed by atoms with Gasteiger partial charge in [0, 0.05) is 18.9 Å². The average molecular weight is 381 g/mol. The number of nitrogens with one attached hydrogen (secondary N) is 1. The predicted molar refractivity (Wildman–Crippen MR) is 96.3 cm³/mol. The number of nitrogens with zero attached hydrogens (tertiary/aromatic N) is 3. The van der Waals surface area contributed by atoms with Gasteiger partial charge < -0.3 is 10.1 Å². The first-order valence-corrected chi connectivity index (χ1v) is 8.04. The fourth-order valence-electron chi connectivity index (χ4n) is 1.44. The van der Waals surface area contributed by atoms with Crippen molar-refractivity contribution in [2.45, 2.75) is 32.9 Å². The zero-order chi connectivity index (χ0) is 18.9. The minimum Gasteiger partial charge on any atom is -0.444 e. The van der Waals surface area contributed by atoms with Crippen molar-refractivity contribution in [1.82, 2.24) is 15.3 Å². The van der Waals surface area contributed by atoms with Crippen molar-refractivity contribution in [1.29, 1.82) is 5.26 Å². The van der Waals surface area contributed by atoms with E-state index in [1.807, 2.05) is 26.8 Å². The number of rotatable bonds is 2. The molecule has 0 aliphatic heterocycles. The van der Waals surface area contributed by atoms with Crippen molar-refractivity contribution < 1.29 is 9.53 Å². The van der Waals surface area contributed by atoms with Crippen LogP contribution in [0.5, 0.6) is 0 Å². The molecule has 2 aromatic rings. The van der Waals surface area contributed by atoms with E-state index in [0.717, 1.165) is 5.56 Å². The van der Waals surface area contributed by atoms with Crippen LogP contribution in [0.25, 0.3) is 0 Å². The Morgan fingerprint density at radius 1 is 1.16 bits per heavy atom. The summed E-state index contributed by atoms with van der Waals surface area (Å²) < 4.78 is 5.09. The van der Waals surface area contributed by atoms with Crippen LogP contribution in [-0.4, -0.2) is 21.7 Å². The molecule has 2 aromatic heterocycles. The highest BCUT2D eigenvalue weighted by Crippen LogP contribution is 2.08. The summed E-state index contributed by atoms with van der Waals surface area (Å²) >= 11 is 11.1. The molecule has 0 aliphatic rings. The van der Waals surface area contributed by atoms with Gasteiger partial charge in [0.1, 0.15) is 22.0 Å². The molecule has 1 amide bonds. The molecule has 132 valence electrons. The van der Waals surface area contributed by atoms with Crippen molar-refractivity contribution in [3.05, 3.63) is 58.1 Å². The molecular formula is C17H18Cl2N4O2. The van der Waals surface area contributed by atoms with Gasteiger partial charge in [-0.3, -0.25) is 0 Å². The summed E-state index contributed by atoms with van der Waals surface area (Å²) in [6.07, 6.45) is 2.60. The monoisotopic (exact) mass is 380 g/mol. The number of carbonyl (C=O) groups excluding carboxylic acids is 1. The summed E-state index contributed by atoms with van der Waals surface area (Å²) in [5.41, 5.74) is 0.914. The number of alkyl carbamates (subject to hydrolysis) is 1. The molecule has 0 radical (unpaired) electrons. The Bertz CT molecular complexity index is 720. The van der Waals surface area contributed by atoms with Crippen LogP contribution < -0.4 is 5.32 Å². The van der Waals surface area contributed by atoms with Gasteiger partial charge in [-0.05, 0) is 44.5 Å². The second kappa shape index (κ2) is 9.82. The summed E-state index contributed by atoms with van der Waals surface area (Å²) in [7, 11) is 0. The molecule has 0 atom stereocenters. The van der Waals surface area contributed by atoms with Crippen LogP contribution in [0.1, 0.15) is 31.9 Å². The third-order valence-electron chi connectivity index (χ3n) is 2.48. The molecule has 0 saturated heterocycles. The van der Waals surface area contributed by atoms with Crippen LogP contribution in [0.15, 0.2) is 36.7 Å². The summed E-state index contributed by atoms with van der Waals surface area (Å²) in [6.45, 7) is 5.82. The number of amides is 1. The van der Waals surface area contributed by atoms with E-state index in [1.165, 1.54) is 6.20 Å². The van der Waals surface area contributed by atoms with Gasteiger partial charge in [-0.2, -0.15) is 5.26 Å².